The van der Waals surface area contributed by atoms with Gasteiger partial charge in [0.2, 0.25) is 10.0 Å². The lowest BCUT2D eigenvalue weighted by molar-refractivity contribution is 0.240. The van der Waals surface area contributed by atoms with Gasteiger partial charge in [0.25, 0.3) is 0 Å². The van der Waals surface area contributed by atoms with Crippen molar-refractivity contribution in [3.63, 3.8) is 0 Å². The molecule has 4 N–H and O–H groups in total. The van der Waals surface area contributed by atoms with Crippen LogP contribution in [0.5, 0.6) is 0 Å². The zero-order valence-corrected chi connectivity index (χ0v) is 15.6. The highest BCUT2D eigenvalue weighted by Gasteiger charge is 2.08. The average molecular weight is 387 g/mol. The molecule has 0 aliphatic heterocycles. The molecule has 2 amide bonds. The lowest BCUT2D eigenvalue weighted by Crippen LogP contribution is -2.36. The number of hydrogen-bond donors (Lipinski definition) is 4. The second-order valence-electron chi connectivity index (χ2n) is 6.09. The SMILES string of the molecule is CS(=O)(=O)Nc1ccccc1CNC(=O)NCCc1nc2ccccc2[nH]1. The molecule has 1 heterocycles. The summed E-state index contributed by atoms with van der Waals surface area (Å²) in [5.41, 5.74) is 2.98. The summed E-state index contributed by atoms with van der Waals surface area (Å²) in [5, 5.41) is 5.49. The number of hydrogen-bond acceptors (Lipinski definition) is 4. The summed E-state index contributed by atoms with van der Waals surface area (Å²) in [7, 11) is -3.38. The molecule has 9 heteroatoms. The molecular weight excluding hydrogens is 366 g/mol. The minimum absolute atomic E-state index is 0.204. The number of urea groups is 1. The number of aromatic amines is 1. The number of fused-ring (bicyclic) bond motifs is 1. The van der Waals surface area contributed by atoms with Crippen molar-refractivity contribution in [2.24, 2.45) is 0 Å². The van der Waals surface area contributed by atoms with Crippen molar-refractivity contribution >= 4 is 32.8 Å². The number of imidazole rings is 1. The molecule has 3 aromatic rings. The van der Waals surface area contributed by atoms with Gasteiger partial charge in [-0.2, -0.15) is 0 Å². The van der Waals surface area contributed by atoms with Gasteiger partial charge in [0.05, 0.1) is 23.0 Å². The van der Waals surface area contributed by atoms with Gasteiger partial charge in [-0.05, 0) is 23.8 Å². The number of nitrogens with zero attached hydrogens (tertiary/aromatic N) is 1. The Morgan fingerprint density at radius 3 is 2.59 bits per heavy atom. The molecule has 27 heavy (non-hydrogen) atoms. The van der Waals surface area contributed by atoms with Crippen LogP contribution in [0.4, 0.5) is 10.5 Å². The van der Waals surface area contributed by atoms with Gasteiger partial charge in [-0.1, -0.05) is 30.3 Å². The Bertz CT molecular complexity index is 1010. The summed E-state index contributed by atoms with van der Waals surface area (Å²) in [5.74, 6) is 0.805. The molecule has 1 aromatic heterocycles. The molecule has 0 saturated heterocycles. The summed E-state index contributed by atoms with van der Waals surface area (Å²) < 4.78 is 25.3. The van der Waals surface area contributed by atoms with Crippen LogP contribution in [-0.2, 0) is 23.0 Å². The van der Waals surface area contributed by atoms with Gasteiger partial charge in [0.15, 0.2) is 0 Å². The van der Waals surface area contributed by atoms with E-state index in [1.165, 1.54) is 0 Å². The van der Waals surface area contributed by atoms with E-state index in [-0.39, 0.29) is 12.6 Å². The minimum atomic E-state index is -3.38. The van der Waals surface area contributed by atoms with E-state index < -0.39 is 10.0 Å². The maximum atomic E-state index is 12.0. The van der Waals surface area contributed by atoms with Gasteiger partial charge in [0.1, 0.15) is 5.82 Å². The Labute approximate surface area is 157 Å². The molecule has 0 bridgehead atoms. The number of anilines is 1. The van der Waals surface area contributed by atoms with Crippen LogP contribution in [0.3, 0.4) is 0 Å². The zero-order chi connectivity index (χ0) is 19.3. The van der Waals surface area contributed by atoms with E-state index in [0.29, 0.717) is 24.2 Å². The fourth-order valence-electron chi connectivity index (χ4n) is 2.63. The molecule has 0 atom stereocenters. The minimum Gasteiger partial charge on any atom is -0.342 e. The zero-order valence-electron chi connectivity index (χ0n) is 14.8. The van der Waals surface area contributed by atoms with Gasteiger partial charge in [0, 0.05) is 19.5 Å². The number of H-pyrrole nitrogens is 1. The van der Waals surface area contributed by atoms with Crippen molar-refractivity contribution in [1.82, 2.24) is 20.6 Å². The van der Waals surface area contributed by atoms with Crippen LogP contribution in [0.1, 0.15) is 11.4 Å². The van der Waals surface area contributed by atoms with Crippen molar-refractivity contribution in [2.75, 3.05) is 17.5 Å². The molecule has 142 valence electrons. The number of benzene rings is 2. The van der Waals surface area contributed by atoms with Crippen LogP contribution in [-0.4, -0.2) is 37.2 Å². The van der Waals surface area contributed by atoms with E-state index in [1.54, 1.807) is 24.3 Å². The Morgan fingerprint density at radius 1 is 1.07 bits per heavy atom. The predicted octanol–water partition coefficient (Wildman–Crippen LogP) is 1.98. The summed E-state index contributed by atoms with van der Waals surface area (Å²) in [4.78, 5) is 19.6. The molecule has 0 fully saturated rings. The van der Waals surface area contributed by atoms with E-state index >= 15 is 0 Å². The second kappa shape index (κ2) is 8.09. The Hall–Kier alpha value is -3.07. The standard InChI is InChI=1S/C18H21N5O3S/c1-27(25,26)23-14-7-3-2-6-13(14)12-20-18(24)19-11-10-17-21-15-8-4-5-9-16(15)22-17/h2-9,23H,10-12H2,1H3,(H,21,22)(H2,19,20,24). The summed E-state index contributed by atoms with van der Waals surface area (Å²) in [6.07, 6.45) is 1.66. The van der Waals surface area contributed by atoms with Crippen LogP contribution >= 0.6 is 0 Å². The third-order valence-corrected chi connectivity index (χ3v) is 4.43. The maximum absolute atomic E-state index is 12.0. The predicted molar refractivity (Wildman–Crippen MR) is 105 cm³/mol. The quantitative estimate of drug-likeness (QED) is 0.496. The number of para-hydroxylation sites is 3. The van der Waals surface area contributed by atoms with Gasteiger partial charge < -0.3 is 15.6 Å². The van der Waals surface area contributed by atoms with Crippen LogP contribution in [0.25, 0.3) is 11.0 Å². The number of sulfonamides is 1. The highest BCUT2D eigenvalue weighted by molar-refractivity contribution is 7.92. The highest BCUT2D eigenvalue weighted by Crippen LogP contribution is 2.15. The third kappa shape index (κ3) is 5.45. The number of carbonyl (C=O) groups is 1. The normalized spacial score (nSPS) is 11.3. The molecule has 0 aliphatic carbocycles. The molecule has 3 rings (SSSR count). The van der Waals surface area contributed by atoms with Gasteiger partial charge in [-0.25, -0.2) is 18.2 Å². The second-order valence-corrected chi connectivity index (χ2v) is 7.84. The average Bonchev–Trinajstić information content (AvgIpc) is 3.02. The third-order valence-electron chi connectivity index (χ3n) is 3.84. The van der Waals surface area contributed by atoms with Gasteiger partial charge in [-0.15, -0.1) is 0 Å². The van der Waals surface area contributed by atoms with Gasteiger partial charge >= 0.3 is 6.03 Å². The summed E-state index contributed by atoms with van der Waals surface area (Å²) in [6.45, 7) is 0.629. The number of aromatic nitrogens is 2. The van der Waals surface area contributed by atoms with E-state index in [0.717, 1.165) is 23.1 Å². The van der Waals surface area contributed by atoms with Gasteiger partial charge in [-0.3, -0.25) is 4.72 Å². The maximum Gasteiger partial charge on any atom is 0.315 e. The Kier molecular flexibility index (Phi) is 5.60. The van der Waals surface area contributed by atoms with Crippen molar-refractivity contribution in [3.05, 3.63) is 59.9 Å². The van der Waals surface area contributed by atoms with Crippen LogP contribution in [0.2, 0.25) is 0 Å². The van der Waals surface area contributed by atoms with E-state index in [9.17, 15) is 13.2 Å². The van der Waals surface area contributed by atoms with Crippen molar-refractivity contribution < 1.29 is 13.2 Å². The highest BCUT2D eigenvalue weighted by atomic mass is 32.2. The fraction of sp³-hybridized carbons (Fsp3) is 0.222. The Balaban J connectivity index is 1.49. The van der Waals surface area contributed by atoms with Crippen LogP contribution in [0.15, 0.2) is 48.5 Å². The monoisotopic (exact) mass is 387 g/mol. The number of nitrogens with one attached hydrogen (secondary N) is 4. The molecule has 8 nitrogen and oxygen atoms in total. The lowest BCUT2D eigenvalue weighted by atomic mass is 10.2. The van der Waals surface area contributed by atoms with E-state index in [2.05, 4.69) is 25.3 Å². The molecule has 0 spiro atoms. The first-order valence-corrected chi connectivity index (χ1v) is 10.3. The van der Waals surface area contributed by atoms with E-state index in [1.807, 2.05) is 24.3 Å². The molecule has 2 aromatic carbocycles. The first kappa shape index (κ1) is 18.7. The smallest absolute Gasteiger partial charge is 0.315 e. The lowest BCUT2D eigenvalue weighted by Gasteiger charge is -2.12. The number of rotatable bonds is 7. The number of amides is 2. The largest absolute Gasteiger partial charge is 0.342 e. The Morgan fingerprint density at radius 2 is 1.81 bits per heavy atom. The number of carbonyl (C=O) groups excluding carboxylic acids is 1. The van der Waals surface area contributed by atoms with Crippen molar-refractivity contribution in [2.45, 2.75) is 13.0 Å². The molecule has 0 unspecified atom stereocenters. The fourth-order valence-corrected chi connectivity index (χ4v) is 3.23. The van der Waals surface area contributed by atoms with E-state index in [4.69, 9.17) is 0 Å². The summed E-state index contributed by atoms with van der Waals surface area (Å²) in [6, 6.07) is 14.3. The molecule has 0 aliphatic rings. The first-order chi connectivity index (χ1) is 12.9. The van der Waals surface area contributed by atoms with Crippen molar-refractivity contribution in [3.8, 4) is 0 Å². The topological polar surface area (TPSA) is 116 Å². The van der Waals surface area contributed by atoms with Crippen molar-refractivity contribution in [1.29, 1.82) is 0 Å². The summed E-state index contributed by atoms with van der Waals surface area (Å²) >= 11 is 0. The first-order valence-electron chi connectivity index (χ1n) is 8.42. The molecular formula is C18H21N5O3S. The molecule has 0 radical (unpaired) electrons. The molecule has 0 saturated carbocycles. The van der Waals surface area contributed by atoms with Crippen LogP contribution < -0.4 is 15.4 Å². The van der Waals surface area contributed by atoms with Crippen LogP contribution in [0, 0.1) is 0 Å².